The van der Waals surface area contributed by atoms with Crippen molar-refractivity contribution in [1.29, 1.82) is 0 Å². The van der Waals surface area contributed by atoms with Crippen LogP contribution in [0.1, 0.15) is 16.0 Å². The van der Waals surface area contributed by atoms with Gasteiger partial charge < -0.3 is 0 Å². The van der Waals surface area contributed by atoms with Gasteiger partial charge in [0.25, 0.3) is 0 Å². The normalized spacial score (nSPS) is 12.4. The number of halogens is 4. The lowest BCUT2D eigenvalue weighted by Crippen LogP contribution is -1.98. The van der Waals surface area contributed by atoms with E-state index in [4.69, 9.17) is 11.6 Å². The summed E-state index contributed by atoms with van der Waals surface area (Å²) in [5.74, 6) is -0.178. The Hall–Kier alpha value is -0.380. The van der Waals surface area contributed by atoms with Crippen LogP contribution in [0.15, 0.2) is 46.9 Å². The summed E-state index contributed by atoms with van der Waals surface area (Å²) in [7, 11) is 0. The molecule has 0 fully saturated rings. The third-order valence-electron chi connectivity index (χ3n) is 2.60. The Labute approximate surface area is 127 Å². The fraction of sp³-hybridized carbons (Fsp3) is 0.143. The molecule has 1 atom stereocenters. The summed E-state index contributed by atoms with van der Waals surface area (Å²) < 4.78 is 14.5. The maximum Gasteiger partial charge on any atom is 0.126 e. The van der Waals surface area contributed by atoms with Crippen molar-refractivity contribution in [2.24, 2.45) is 0 Å². The van der Waals surface area contributed by atoms with E-state index < -0.39 is 0 Å². The minimum Gasteiger partial charge on any atom is -0.207 e. The summed E-state index contributed by atoms with van der Waals surface area (Å²) >= 11 is 13.0. The van der Waals surface area contributed by atoms with Gasteiger partial charge in [0.05, 0.1) is 0 Å². The molecule has 0 N–H and O–H groups in total. The minimum atomic E-state index is -0.178. The molecule has 2 aromatic rings. The highest BCUT2D eigenvalue weighted by Gasteiger charge is 2.12. The molecule has 0 saturated heterocycles. The van der Waals surface area contributed by atoms with Crippen molar-refractivity contribution in [2.75, 3.05) is 0 Å². The quantitative estimate of drug-likeness (QED) is 0.569. The molecule has 0 amide bonds. The molecule has 0 heterocycles. The van der Waals surface area contributed by atoms with Crippen LogP contribution in [0.4, 0.5) is 4.39 Å². The molecular formula is C14H10Br2ClF. The van der Waals surface area contributed by atoms with E-state index in [0.29, 0.717) is 17.0 Å². The second kappa shape index (κ2) is 6.18. The monoisotopic (exact) mass is 390 g/mol. The highest BCUT2D eigenvalue weighted by Crippen LogP contribution is 2.31. The Balaban J connectivity index is 2.22. The fourth-order valence-corrected chi connectivity index (χ4v) is 3.23. The predicted molar refractivity (Wildman–Crippen MR) is 80.9 cm³/mol. The summed E-state index contributed by atoms with van der Waals surface area (Å²) in [6, 6.07) is 12.5. The zero-order valence-corrected chi connectivity index (χ0v) is 13.3. The van der Waals surface area contributed by atoms with Gasteiger partial charge in [-0.3, -0.25) is 0 Å². The lowest BCUT2D eigenvalue weighted by Gasteiger charge is -2.12. The molecule has 0 bridgehead atoms. The zero-order chi connectivity index (χ0) is 13.1. The summed E-state index contributed by atoms with van der Waals surface area (Å²) in [6.07, 6.45) is 0.583. The number of alkyl halides is 1. The smallest absolute Gasteiger partial charge is 0.126 e. The predicted octanol–water partition coefficient (Wildman–Crippen LogP) is 5.92. The Morgan fingerprint density at radius 3 is 2.56 bits per heavy atom. The molecule has 0 spiro atoms. The van der Waals surface area contributed by atoms with Gasteiger partial charge in [-0.25, -0.2) is 4.39 Å². The largest absolute Gasteiger partial charge is 0.207 e. The van der Waals surface area contributed by atoms with Crippen LogP contribution in [0.5, 0.6) is 0 Å². The Morgan fingerprint density at radius 2 is 1.89 bits per heavy atom. The van der Waals surface area contributed by atoms with Gasteiger partial charge in [-0.2, -0.15) is 0 Å². The third-order valence-corrected chi connectivity index (χ3v) is 4.13. The second-order valence-corrected chi connectivity index (χ2v) is 6.42. The van der Waals surface area contributed by atoms with Gasteiger partial charge in [-0.1, -0.05) is 61.7 Å². The van der Waals surface area contributed by atoms with E-state index in [1.807, 2.05) is 24.3 Å². The highest BCUT2D eigenvalue weighted by atomic mass is 79.9. The molecule has 2 rings (SSSR count). The van der Waals surface area contributed by atoms with Gasteiger partial charge in [0.2, 0.25) is 0 Å². The molecule has 0 nitrogen and oxygen atoms in total. The Kier molecular flexibility index (Phi) is 4.82. The molecule has 18 heavy (non-hydrogen) atoms. The van der Waals surface area contributed by atoms with Crippen molar-refractivity contribution < 1.29 is 4.39 Å². The Morgan fingerprint density at radius 1 is 1.17 bits per heavy atom. The molecule has 0 aromatic heterocycles. The van der Waals surface area contributed by atoms with Crippen LogP contribution in [0, 0.1) is 5.82 Å². The summed E-state index contributed by atoms with van der Waals surface area (Å²) in [6.45, 7) is 0. The topological polar surface area (TPSA) is 0 Å². The molecule has 94 valence electrons. The SMILES string of the molecule is Fc1ccccc1CC(Br)c1cc(Cl)cc(Br)c1. The van der Waals surface area contributed by atoms with Crippen molar-refractivity contribution in [3.05, 3.63) is 68.9 Å². The number of rotatable bonds is 3. The van der Waals surface area contributed by atoms with Crippen LogP contribution >= 0.6 is 43.5 Å². The zero-order valence-electron chi connectivity index (χ0n) is 9.34. The van der Waals surface area contributed by atoms with Crippen LogP contribution < -0.4 is 0 Å². The van der Waals surface area contributed by atoms with Crippen LogP contribution in [0.3, 0.4) is 0 Å². The Bertz CT molecular complexity index is 537. The van der Waals surface area contributed by atoms with Crippen LogP contribution in [-0.4, -0.2) is 0 Å². The van der Waals surface area contributed by atoms with Gasteiger partial charge in [-0.05, 0) is 41.8 Å². The summed E-state index contributed by atoms with van der Waals surface area (Å²) in [5.41, 5.74) is 1.72. The van der Waals surface area contributed by atoms with E-state index in [9.17, 15) is 4.39 Å². The number of hydrogen-bond acceptors (Lipinski definition) is 0. The van der Waals surface area contributed by atoms with Gasteiger partial charge in [0, 0.05) is 14.3 Å². The third kappa shape index (κ3) is 3.56. The summed E-state index contributed by atoms with van der Waals surface area (Å²) in [4.78, 5) is 0.0319. The van der Waals surface area contributed by atoms with E-state index in [-0.39, 0.29) is 10.6 Å². The van der Waals surface area contributed by atoms with E-state index >= 15 is 0 Å². The number of benzene rings is 2. The maximum absolute atomic E-state index is 13.6. The average molecular weight is 392 g/mol. The van der Waals surface area contributed by atoms with Gasteiger partial charge in [-0.15, -0.1) is 0 Å². The van der Waals surface area contributed by atoms with Crippen LogP contribution in [0.25, 0.3) is 0 Å². The lowest BCUT2D eigenvalue weighted by atomic mass is 10.0. The standard InChI is InChI=1S/C14H10Br2ClF/c15-11-5-10(6-12(17)8-11)13(16)7-9-3-1-2-4-14(9)18/h1-6,8,13H,7H2. The lowest BCUT2D eigenvalue weighted by molar-refractivity contribution is 0.608. The highest BCUT2D eigenvalue weighted by molar-refractivity contribution is 9.10. The van der Waals surface area contributed by atoms with Crippen molar-refractivity contribution in [3.63, 3.8) is 0 Å². The molecule has 1 unspecified atom stereocenters. The van der Waals surface area contributed by atoms with E-state index in [1.54, 1.807) is 12.1 Å². The molecule has 0 radical (unpaired) electrons. The first-order chi connectivity index (χ1) is 8.56. The van der Waals surface area contributed by atoms with Gasteiger partial charge in [0.1, 0.15) is 5.82 Å². The molecule has 4 heteroatoms. The molecular weight excluding hydrogens is 382 g/mol. The summed E-state index contributed by atoms with van der Waals surface area (Å²) in [5, 5.41) is 0.664. The van der Waals surface area contributed by atoms with E-state index in [2.05, 4.69) is 31.9 Å². The molecule has 0 saturated carbocycles. The average Bonchev–Trinajstić information content (AvgIpc) is 2.31. The van der Waals surface area contributed by atoms with Crippen molar-refractivity contribution in [2.45, 2.75) is 11.2 Å². The first kappa shape index (κ1) is 14.0. The van der Waals surface area contributed by atoms with Crippen LogP contribution in [0.2, 0.25) is 5.02 Å². The first-order valence-corrected chi connectivity index (χ1v) is 7.48. The van der Waals surface area contributed by atoms with E-state index in [0.717, 1.165) is 10.0 Å². The van der Waals surface area contributed by atoms with Crippen molar-refractivity contribution in [1.82, 2.24) is 0 Å². The maximum atomic E-state index is 13.6. The number of hydrogen-bond donors (Lipinski definition) is 0. The molecule has 0 aliphatic carbocycles. The van der Waals surface area contributed by atoms with Gasteiger partial charge in [0.15, 0.2) is 0 Å². The first-order valence-electron chi connectivity index (χ1n) is 5.40. The van der Waals surface area contributed by atoms with Crippen molar-refractivity contribution in [3.8, 4) is 0 Å². The van der Waals surface area contributed by atoms with Crippen molar-refractivity contribution >= 4 is 43.5 Å². The van der Waals surface area contributed by atoms with E-state index in [1.165, 1.54) is 6.07 Å². The molecule has 0 aliphatic rings. The minimum absolute atomic E-state index is 0.0319. The fourth-order valence-electron chi connectivity index (χ4n) is 1.73. The van der Waals surface area contributed by atoms with Gasteiger partial charge >= 0.3 is 0 Å². The molecule has 0 aliphatic heterocycles. The van der Waals surface area contributed by atoms with Crippen LogP contribution in [-0.2, 0) is 6.42 Å². The second-order valence-electron chi connectivity index (χ2n) is 3.97. The molecule has 2 aromatic carbocycles.